The fourth-order valence-corrected chi connectivity index (χ4v) is 5.34. The molecule has 5 aromatic rings. The van der Waals surface area contributed by atoms with Crippen LogP contribution in [0.15, 0.2) is 97.2 Å². The molecule has 1 N–H and O–H groups in total. The molecule has 0 spiro atoms. The number of ether oxygens (including phenoxy) is 1. The Balaban J connectivity index is 1.48. The minimum atomic E-state index is -0.307. The van der Waals surface area contributed by atoms with E-state index in [4.69, 9.17) is 9.84 Å². The molecule has 1 atom stereocenters. The lowest BCUT2D eigenvalue weighted by molar-refractivity contribution is 0.194. The summed E-state index contributed by atoms with van der Waals surface area (Å²) in [5, 5.41) is 8.05. The van der Waals surface area contributed by atoms with Gasteiger partial charge in [-0.3, -0.25) is 0 Å². The van der Waals surface area contributed by atoms with E-state index in [2.05, 4.69) is 65.5 Å². The van der Waals surface area contributed by atoms with Crippen LogP contribution in [0.25, 0.3) is 11.5 Å². The number of nitrogens with one attached hydrogen (secondary N) is 1. The van der Waals surface area contributed by atoms with E-state index in [-0.39, 0.29) is 12.1 Å². The van der Waals surface area contributed by atoms with Crippen LogP contribution in [0.3, 0.4) is 0 Å². The predicted octanol–water partition coefficient (Wildman–Crippen LogP) is 6.82. The summed E-state index contributed by atoms with van der Waals surface area (Å²) in [4.78, 5) is 16.0. The standard InChI is InChI=1S/C32H31N5O2/c1-4-39-27-17-15-25(16-18-27)33-32(38)36-21-28-23(3)34-37(26-12-6-5-7-13-26)31(28)35-19-9-14-29(35)30(36)24-11-8-10-22(2)20-24/h5-20,30H,4,21H2,1-3H3,(H,33,38). The van der Waals surface area contributed by atoms with Gasteiger partial charge in [0.05, 0.1) is 36.3 Å². The van der Waals surface area contributed by atoms with Crippen LogP contribution in [0.2, 0.25) is 0 Å². The Morgan fingerprint density at radius 3 is 2.51 bits per heavy atom. The van der Waals surface area contributed by atoms with Gasteiger partial charge < -0.3 is 19.5 Å². The Morgan fingerprint density at radius 2 is 1.77 bits per heavy atom. The van der Waals surface area contributed by atoms with Crippen LogP contribution in [0.5, 0.6) is 5.75 Å². The van der Waals surface area contributed by atoms with Crippen molar-refractivity contribution in [1.82, 2.24) is 19.2 Å². The third-order valence-electron chi connectivity index (χ3n) is 7.12. The maximum Gasteiger partial charge on any atom is 0.322 e. The van der Waals surface area contributed by atoms with Gasteiger partial charge in [-0.2, -0.15) is 5.10 Å². The smallest absolute Gasteiger partial charge is 0.322 e. The lowest BCUT2D eigenvalue weighted by Crippen LogP contribution is -2.38. The highest BCUT2D eigenvalue weighted by molar-refractivity contribution is 5.90. The van der Waals surface area contributed by atoms with Gasteiger partial charge in [0.15, 0.2) is 0 Å². The first-order valence-electron chi connectivity index (χ1n) is 13.2. The third-order valence-corrected chi connectivity index (χ3v) is 7.12. The van der Waals surface area contributed by atoms with Crippen molar-refractivity contribution < 1.29 is 9.53 Å². The number of nitrogens with zero attached hydrogens (tertiary/aromatic N) is 4. The topological polar surface area (TPSA) is 64.3 Å². The molecule has 0 bridgehead atoms. The molecule has 3 aromatic carbocycles. The number of urea groups is 1. The number of hydrogen-bond acceptors (Lipinski definition) is 3. The van der Waals surface area contributed by atoms with Crippen molar-refractivity contribution in [1.29, 1.82) is 0 Å². The van der Waals surface area contributed by atoms with E-state index in [1.54, 1.807) is 0 Å². The summed E-state index contributed by atoms with van der Waals surface area (Å²) in [6.07, 6.45) is 2.06. The molecule has 39 heavy (non-hydrogen) atoms. The second kappa shape index (κ2) is 10.2. The van der Waals surface area contributed by atoms with Crippen LogP contribution < -0.4 is 10.1 Å². The second-order valence-electron chi connectivity index (χ2n) is 9.77. The first-order valence-corrected chi connectivity index (χ1v) is 13.2. The number of amides is 2. The highest BCUT2D eigenvalue weighted by Crippen LogP contribution is 2.39. The quantitative estimate of drug-likeness (QED) is 0.278. The van der Waals surface area contributed by atoms with Crippen LogP contribution in [0.1, 0.15) is 41.0 Å². The van der Waals surface area contributed by atoms with Gasteiger partial charge in [0.1, 0.15) is 11.6 Å². The molecule has 0 saturated heterocycles. The summed E-state index contributed by atoms with van der Waals surface area (Å²) in [5.74, 6) is 1.72. The molecule has 2 amide bonds. The minimum absolute atomic E-state index is 0.182. The largest absolute Gasteiger partial charge is 0.494 e. The molecule has 1 aliphatic rings. The Kier molecular flexibility index (Phi) is 6.40. The number of carbonyl (C=O) groups excluding carboxylic acids is 1. The van der Waals surface area contributed by atoms with E-state index in [9.17, 15) is 4.79 Å². The predicted molar refractivity (Wildman–Crippen MR) is 153 cm³/mol. The number of carbonyl (C=O) groups is 1. The number of aromatic nitrogens is 3. The molecule has 7 nitrogen and oxygen atoms in total. The van der Waals surface area contributed by atoms with Crippen molar-refractivity contribution in [3.63, 3.8) is 0 Å². The molecule has 1 unspecified atom stereocenters. The molecule has 6 rings (SSSR count). The zero-order valence-corrected chi connectivity index (χ0v) is 22.3. The van der Waals surface area contributed by atoms with Crippen LogP contribution >= 0.6 is 0 Å². The first kappa shape index (κ1) is 24.6. The number of fused-ring (bicyclic) bond motifs is 3. The van der Waals surface area contributed by atoms with E-state index in [0.717, 1.165) is 45.3 Å². The molecule has 0 saturated carbocycles. The van der Waals surface area contributed by atoms with Gasteiger partial charge in [0.25, 0.3) is 0 Å². The highest BCUT2D eigenvalue weighted by atomic mass is 16.5. The van der Waals surface area contributed by atoms with Gasteiger partial charge in [-0.1, -0.05) is 48.0 Å². The summed E-state index contributed by atoms with van der Waals surface area (Å²) < 4.78 is 9.73. The van der Waals surface area contributed by atoms with E-state index in [0.29, 0.717) is 18.8 Å². The van der Waals surface area contributed by atoms with Crippen molar-refractivity contribution in [2.45, 2.75) is 33.4 Å². The monoisotopic (exact) mass is 517 g/mol. The average molecular weight is 518 g/mol. The van der Waals surface area contributed by atoms with Crippen molar-refractivity contribution in [3.8, 4) is 17.3 Å². The zero-order chi connectivity index (χ0) is 26.9. The molecule has 0 radical (unpaired) electrons. The number of rotatable bonds is 5. The number of aryl methyl sites for hydroxylation is 2. The summed E-state index contributed by atoms with van der Waals surface area (Å²) in [5.41, 5.74) is 6.78. The maximum atomic E-state index is 14.1. The van der Waals surface area contributed by atoms with Gasteiger partial charge in [-0.05, 0) is 74.9 Å². The fraction of sp³-hybridized carbons (Fsp3) is 0.188. The molecule has 196 valence electrons. The van der Waals surface area contributed by atoms with Crippen LogP contribution in [-0.4, -0.2) is 31.9 Å². The van der Waals surface area contributed by atoms with Gasteiger partial charge in [0.2, 0.25) is 0 Å². The number of para-hydroxylation sites is 1. The molecule has 2 aromatic heterocycles. The number of anilines is 1. The molecule has 0 aliphatic carbocycles. The minimum Gasteiger partial charge on any atom is -0.494 e. The summed E-state index contributed by atoms with van der Waals surface area (Å²) in [6, 6.07) is 29.6. The fourth-order valence-electron chi connectivity index (χ4n) is 5.34. The lowest BCUT2D eigenvalue weighted by Gasteiger charge is -2.31. The van der Waals surface area contributed by atoms with Crippen LogP contribution in [0.4, 0.5) is 10.5 Å². The van der Waals surface area contributed by atoms with Crippen LogP contribution in [-0.2, 0) is 6.54 Å². The summed E-state index contributed by atoms with van der Waals surface area (Å²) in [6.45, 7) is 7.03. The van der Waals surface area contributed by atoms with E-state index in [1.807, 2.05) is 72.0 Å². The van der Waals surface area contributed by atoms with Crippen molar-refractivity contribution in [3.05, 3.63) is 125 Å². The van der Waals surface area contributed by atoms with E-state index in [1.165, 1.54) is 0 Å². The SMILES string of the molecule is CCOc1ccc(NC(=O)N2Cc3c(C)nn(-c4ccccc4)c3-n3cccc3C2c2cccc(C)c2)cc1. The molecule has 7 heteroatoms. The molecule has 0 fully saturated rings. The van der Waals surface area contributed by atoms with E-state index < -0.39 is 0 Å². The van der Waals surface area contributed by atoms with Crippen molar-refractivity contribution in [2.24, 2.45) is 0 Å². The molecular weight excluding hydrogens is 486 g/mol. The molecule has 1 aliphatic heterocycles. The normalized spacial score (nSPS) is 14.3. The molecular formula is C32H31N5O2. The Hall–Kier alpha value is -4.78. The van der Waals surface area contributed by atoms with Gasteiger partial charge in [-0.25, -0.2) is 9.48 Å². The Morgan fingerprint density at radius 1 is 0.974 bits per heavy atom. The lowest BCUT2D eigenvalue weighted by atomic mass is 10.00. The van der Waals surface area contributed by atoms with E-state index >= 15 is 0 Å². The number of hydrogen-bond donors (Lipinski definition) is 1. The van der Waals surface area contributed by atoms with Gasteiger partial charge in [0, 0.05) is 17.4 Å². The van der Waals surface area contributed by atoms with Gasteiger partial charge >= 0.3 is 6.03 Å². The average Bonchev–Trinajstić information content (AvgIpc) is 3.50. The van der Waals surface area contributed by atoms with Crippen molar-refractivity contribution >= 4 is 11.7 Å². The van der Waals surface area contributed by atoms with Gasteiger partial charge in [-0.15, -0.1) is 0 Å². The Labute approximate surface area is 228 Å². The molecule has 3 heterocycles. The van der Waals surface area contributed by atoms with Crippen LogP contribution in [0, 0.1) is 13.8 Å². The Bertz CT molecular complexity index is 1620. The second-order valence-corrected chi connectivity index (χ2v) is 9.77. The zero-order valence-electron chi connectivity index (χ0n) is 22.3. The highest BCUT2D eigenvalue weighted by Gasteiger charge is 2.36. The summed E-state index contributed by atoms with van der Waals surface area (Å²) in [7, 11) is 0. The summed E-state index contributed by atoms with van der Waals surface area (Å²) >= 11 is 0. The third kappa shape index (κ3) is 4.56. The number of benzene rings is 3. The maximum absolute atomic E-state index is 14.1. The first-order chi connectivity index (χ1) is 19.0. The van der Waals surface area contributed by atoms with Crippen molar-refractivity contribution in [2.75, 3.05) is 11.9 Å².